The lowest BCUT2D eigenvalue weighted by molar-refractivity contribution is 1.10. The smallest absolute Gasteiger partial charge is 0.155 e. The molecule has 74 valence electrons. The maximum Gasteiger partial charge on any atom is 0.155 e. The first-order chi connectivity index (χ1) is 6.72. The van der Waals surface area contributed by atoms with Gasteiger partial charge in [-0.3, -0.25) is 0 Å². The van der Waals surface area contributed by atoms with Crippen molar-refractivity contribution >= 4 is 23.3 Å². The van der Waals surface area contributed by atoms with E-state index in [2.05, 4.69) is 15.3 Å². The van der Waals surface area contributed by atoms with E-state index in [1.807, 2.05) is 0 Å². The minimum absolute atomic E-state index is 0.370. The van der Waals surface area contributed by atoms with Crippen LogP contribution in [0.1, 0.15) is 0 Å². The summed E-state index contributed by atoms with van der Waals surface area (Å²) in [6.45, 7) is 0. The van der Waals surface area contributed by atoms with Gasteiger partial charge in [-0.15, -0.1) is 0 Å². The number of nitrogens with zero attached hydrogens (tertiary/aromatic N) is 2. The van der Waals surface area contributed by atoms with Crippen LogP contribution < -0.4 is 11.1 Å². The molecule has 0 amide bonds. The molecule has 0 saturated carbocycles. The number of nitrogens with one attached hydrogen (secondary N) is 1. The van der Waals surface area contributed by atoms with Gasteiger partial charge in [0.2, 0.25) is 0 Å². The van der Waals surface area contributed by atoms with Gasteiger partial charge in [0.1, 0.15) is 5.84 Å². The summed E-state index contributed by atoms with van der Waals surface area (Å²) < 4.78 is 0. The number of aliphatic imine (C=N–C) groups is 1. The van der Waals surface area contributed by atoms with Gasteiger partial charge in [0.25, 0.3) is 0 Å². The molecule has 5 heteroatoms. The second-order valence-corrected chi connectivity index (χ2v) is 2.93. The van der Waals surface area contributed by atoms with E-state index in [9.17, 15) is 0 Å². The number of hydrogen-bond acceptors (Lipinski definition) is 3. The molecule has 1 aromatic heterocycles. The van der Waals surface area contributed by atoms with Crippen LogP contribution in [0.25, 0.3) is 0 Å². The summed E-state index contributed by atoms with van der Waals surface area (Å²) in [6.07, 6.45) is 4.90. The lowest BCUT2D eigenvalue weighted by atomic mass is 10.4. The highest BCUT2D eigenvalue weighted by molar-refractivity contribution is 6.30. The second kappa shape index (κ2) is 5.24. The second-order valence-electron chi connectivity index (χ2n) is 2.49. The number of hydrogen-bond donors (Lipinski definition) is 2. The van der Waals surface area contributed by atoms with Crippen LogP contribution in [0.4, 0.5) is 5.82 Å². The van der Waals surface area contributed by atoms with Crippen molar-refractivity contribution in [2.45, 2.75) is 0 Å². The van der Waals surface area contributed by atoms with Crippen LogP contribution in [-0.2, 0) is 0 Å². The van der Waals surface area contributed by atoms with Crippen LogP contribution in [0.5, 0.6) is 0 Å². The van der Waals surface area contributed by atoms with Crippen molar-refractivity contribution in [3.8, 4) is 0 Å². The van der Waals surface area contributed by atoms with Gasteiger partial charge in [0.05, 0.1) is 0 Å². The molecule has 0 spiro atoms. The molecule has 0 bridgehead atoms. The maximum absolute atomic E-state index is 5.75. The van der Waals surface area contributed by atoms with Gasteiger partial charge in [-0.1, -0.05) is 11.6 Å². The molecule has 14 heavy (non-hydrogen) atoms. The zero-order valence-corrected chi connectivity index (χ0v) is 8.49. The first-order valence-electron chi connectivity index (χ1n) is 4.02. The Morgan fingerprint density at radius 1 is 1.71 bits per heavy atom. The van der Waals surface area contributed by atoms with Gasteiger partial charge < -0.3 is 11.1 Å². The monoisotopic (exact) mass is 210 g/mol. The lowest BCUT2D eigenvalue weighted by Gasteiger charge is -1.95. The summed E-state index contributed by atoms with van der Waals surface area (Å²) in [5.41, 5.74) is 5.58. The highest BCUT2D eigenvalue weighted by Gasteiger charge is 1.92. The maximum atomic E-state index is 5.75. The van der Waals surface area contributed by atoms with E-state index in [-0.39, 0.29) is 0 Å². The fourth-order valence-corrected chi connectivity index (χ4v) is 0.947. The first-order valence-corrected chi connectivity index (χ1v) is 4.39. The van der Waals surface area contributed by atoms with Gasteiger partial charge in [0.15, 0.2) is 5.82 Å². The number of aromatic nitrogens is 1. The van der Waals surface area contributed by atoms with Crippen LogP contribution in [0.3, 0.4) is 0 Å². The zero-order chi connectivity index (χ0) is 10.4. The SMILES string of the molecule is CN/C=C\C(N)=Nc1cc(Cl)ccn1. The Morgan fingerprint density at radius 2 is 2.50 bits per heavy atom. The van der Waals surface area contributed by atoms with E-state index >= 15 is 0 Å². The van der Waals surface area contributed by atoms with Gasteiger partial charge in [-0.05, 0) is 18.3 Å². The topological polar surface area (TPSA) is 63.3 Å². The highest BCUT2D eigenvalue weighted by Crippen LogP contribution is 2.14. The normalized spacial score (nSPS) is 12.0. The minimum atomic E-state index is 0.370. The van der Waals surface area contributed by atoms with Gasteiger partial charge >= 0.3 is 0 Å². The average molecular weight is 211 g/mol. The van der Waals surface area contributed by atoms with Crippen LogP contribution in [0.15, 0.2) is 35.6 Å². The summed E-state index contributed by atoms with van der Waals surface area (Å²) >= 11 is 5.75. The summed E-state index contributed by atoms with van der Waals surface area (Å²) in [6, 6.07) is 3.32. The molecule has 3 N–H and O–H groups in total. The third kappa shape index (κ3) is 3.45. The number of amidine groups is 1. The Bertz CT molecular complexity index is 360. The number of pyridine rings is 1. The minimum Gasteiger partial charge on any atom is -0.394 e. The van der Waals surface area contributed by atoms with Gasteiger partial charge in [-0.2, -0.15) is 0 Å². The quantitative estimate of drug-likeness (QED) is 0.587. The molecule has 1 rings (SSSR count). The third-order valence-corrected chi connectivity index (χ3v) is 1.61. The van der Waals surface area contributed by atoms with Crippen molar-refractivity contribution in [3.05, 3.63) is 35.6 Å². The predicted octanol–water partition coefficient (Wildman–Crippen LogP) is 1.46. The number of halogens is 1. The van der Waals surface area contributed by atoms with Crippen molar-refractivity contribution in [2.24, 2.45) is 10.7 Å². The van der Waals surface area contributed by atoms with E-state index in [1.54, 1.807) is 37.7 Å². The molecular weight excluding hydrogens is 200 g/mol. The van der Waals surface area contributed by atoms with E-state index in [1.165, 1.54) is 0 Å². The van der Waals surface area contributed by atoms with E-state index < -0.39 is 0 Å². The highest BCUT2D eigenvalue weighted by atomic mass is 35.5. The Labute approximate surface area is 87.5 Å². The standard InChI is InChI=1S/C9H11ClN4/c1-12-4-3-8(11)14-9-6-7(10)2-5-13-9/h2-6,12H,1H3,(H2,11,13,14)/b4-3-. The summed E-state index contributed by atoms with van der Waals surface area (Å²) in [5.74, 6) is 0.866. The van der Waals surface area contributed by atoms with E-state index in [4.69, 9.17) is 17.3 Å². The fraction of sp³-hybridized carbons (Fsp3) is 0.111. The molecule has 0 aliphatic carbocycles. The summed E-state index contributed by atoms with van der Waals surface area (Å²) in [7, 11) is 1.78. The summed E-state index contributed by atoms with van der Waals surface area (Å²) in [5, 5.41) is 3.40. The van der Waals surface area contributed by atoms with Crippen molar-refractivity contribution < 1.29 is 0 Å². The van der Waals surface area contributed by atoms with Crippen LogP contribution in [0.2, 0.25) is 5.02 Å². The molecule has 0 aliphatic heterocycles. The Kier molecular flexibility index (Phi) is 3.94. The van der Waals surface area contributed by atoms with E-state index in [0.29, 0.717) is 16.7 Å². The number of rotatable bonds is 3. The third-order valence-electron chi connectivity index (χ3n) is 1.37. The molecular formula is C9H11ClN4. The molecule has 0 aliphatic rings. The van der Waals surface area contributed by atoms with Gasteiger partial charge in [-0.25, -0.2) is 9.98 Å². The van der Waals surface area contributed by atoms with Crippen LogP contribution in [-0.4, -0.2) is 17.9 Å². The van der Waals surface area contributed by atoms with Gasteiger partial charge in [0, 0.05) is 24.3 Å². The molecule has 0 radical (unpaired) electrons. The largest absolute Gasteiger partial charge is 0.394 e. The molecule has 1 aromatic rings. The first kappa shape index (κ1) is 10.5. The molecule has 0 saturated heterocycles. The molecule has 0 atom stereocenters. The average Bonchev–Trinajstić information content (AvgIpc) is 2.15. The number of nitrogens with two attached hydrogens (primary N) is 1. The molecule has 0 fully saturated rings. The Morgan fingerprint density at radius 3 is 3.14 bits per heavy atom. The van der Waals surface area contributed by atoms with Crippen molar-refractivity contribution in [1.82, 2.24) is 10.3 Å². The zero-order valence-electron chi connectivity index (χ0n) is 7.74. The molecule has 0 aromatic carbocycles. The Hall–Kier alpha value is -1.55. The molecule has 0 unspecified atom stereocenters. The van der Waals surface area contributed by atoms with E-state index in [0.717, 1.165) is 0 Å². The van der Waals surface area contributed by atoms with Crippen LogP contribution in [0, 0.1) is 0 Å². The predicted molar refractivity (Wildman–Crippen MR) is 58.7 cm³/mol. The van der Waals surface area contributed by atoms with Crippen LogP contribution >= 0.6 is 11.6 Å². The van der Waals surface area contributed by atoms with Crippen molar-refractivity contribution in [2.75, 3.05) is 7.05 Å². The Balaban J connectivity index is 2.81. The molecule has 1 heterocycles. The van der Waals surface area contributed by atoms with Crippen molar-refractivity contribution in [1.29, 1.82) is 0 Å². The fourth-order valence-electron chi connectivity index (χ4n) is 0.793. The van der Waals surface area contributed by atoms with Crippen molar-refractivity contribution in [3.63, 3.8) is 0 Å². The summed E-state index contributed by atoms with van der Waals surface area (Å²) in [4.78, 5) is 8.01. The lowest BCUT2D eigenvalue weighted by Crippen LogP contribution is -2.08. The molecule has 4 nitrogen and oxygen atoms in total.